The summed E-state index contributed by atoms with van der Waals surface area (Å²) in [6.07, 6.45) is 9.70. The van der Waals surface area contributed by atoms with Crippen LogP contribution in [-0.2, 0) is 11.3 Å². The van der Waals surface area contributed by atoms with Crippen LogP contribution < -0.4 is 0 Å². The number of amides is 1. The summed E-state index contributed by atoms with van der Waals surface area (Å²) in [5, 5.41) is 13.0. The van der Waals surface area contributed by atoms with Gasteiger partial charge < -0.3 is 4.90 Å². The van der Waals surface area contributed by atoms with E-state index in [1.807, 2.05) is 58.4 Å². The average Bonchev–Trinajstić information content (AvgIpc) is 3.46. The second-order valence-electron chi connectivity index (χ2n) is 7.76. The molecule has 7 nitrogen and oxygen atoms in total. The molecule has 7 heteroatoms. The van der Waals surface area contributed by atoms with Crippen LogP contribution >= 0.6 is 0 Å². The van der Waals surface area contributed by atoms with E-state index in [-0.39, 0.29) is 5.91 Å². The summed E-state index contributed by atoms with van der Waals surface area (Å²) in [5.74, 6) is 0.585. The van der Waals surface area contributed by atoms with Gasteiger partial charge in [-0.05, 0) is 36.6 Å². The molecule has 0 aliphatic carbocycles. The zero-order valence-corrected chi connectivity index (χ0v) is 16.7. The topological polar surface area (TPSA) is 79.7 Å². The Balaban J connectivity index is 1.19. The van der Waals surface area contributed by atoms with Crippen molar-refractivity contribution in [3.8, 4) is 11.1 Å². The molecule has 0 saturated carbocycles. The largest absolute Gasteiger partial charge is 0.343 e. The molecule has 0 unspecified atom stereocenters. The van der Waals surface area contributed by atoms with Crippen LogP contribution in [0.3, 0.4) is 0 Å². The zero-order chi connectivity index (χ0) is 20.3. The molecule has 1 amide bonds. The third-order valence-corrected chi connectivity index (χ3v) is 6.00. The lowest BCUT2D eigenvalue weighted by Gasteiger charge is -2.32. The van der Waals surface area contributed by atoms with Crippen LogP contribution in [0.25, 0.3) is 22.0 Å². The van der Waals surface area contributed by atoms with Crippen molar-refractivity contribution in [3.63, 3.8) is 0 Å². The molecule has 3 aromatic heterocycles. The summed E-state index contributed by atoms with van der Waals surface area (Å²) in [4.78, 5) is 18.9. The van der Waals surface area contributed by atoms with Crippen molar-refractivity contribution in [3.05, 3.63) is 66.9 Å². The Labute approximate surface area is 174 Å². The highest BCUT2D eigenvalue weighted by Gasteiger charge is 2.26. The van der Waals surface area contributed by atoms with E-state index in [9.17, 15) is 4.79 Å². The minimum atomic E-state index is 0.201. The molecule has 0 bridgehead atoms. The fraction of sp³-hybridized carbons (Fsp3) is 0.304. The number of carbonyl (C=O) groups excluding carboxylic acids is 1. The van der Waals surface area contributed by atoms with Gasteiger partial charge in [-0.3, -0.25) is 19.6 Å². The van der Waals surface area contributed by atoms with Gasteiger partial charge in [-0.1, -0.05) is 18.2 Å². The van der Waals surface area contributed by atoms with Gasteiger partial charge in [0.05, 0.1) is 24.5 Å². The van der Waals surface area contributed by atoms with Gasteiger partial charge in [0, 0.05) is 54.5 Å². The lowest BCUT2D eigenvalue weighted by atomic mass is 9.89. The Kier molecular flexibility index (Phi) is 5.01. The van der Waals surface area contributed by atoms with Crippen molar-refractivity contribution < 1.29 is 4.79 Å². The Bertz CT molecular complexity index is 1140. The number of likely N-dealkylation sites (tertiary alicyclic amines) is 1. The maximum atomic E-state index is 12.8. The van der Waals surface area contributed by atoms with Crippen LogP contribution in [0.2, 0.25) is 0 Å². The number of H-pyrrole nitrogens is 1. The number of hydrogen-bond donors (Lipinski definition) is 1. The van der Waals surface area contributed by atoms with E-state index in [0.29, 0.717) is 18.9 Å². The van der Waals surface area contributed by atoms with E-state index >= 15 is 0 Å². The highest BCUT2D eigenvalue weighted by atomic mass is 16.2. The van der Waals surface area contributed by atoms with E-state index in [4.69, 9.17) is 0 Å². The maximum Gasteiger partial charge on any atom is 0.224 e. The second-order valence-corrected chi connectivity index (χ2v) is 7.76. The van der Waals surface area contributed by atoms with Crippen molar-refractivity contribution in [1.29, 1.82) is 0 Å². The van der Waals surface area contributed by atoms with Crippen molar-refractivity contribution in [2.24, 2.45) is 0 Å². The van der Waals surface area contributed by atoms with Crippen LogP contribution in [0, 0.1) is 0 Å². The number of para-hydroxylation sites is 1. The van der Waals surface area contributed by atoms with Gasteiger partial charge in [-0.15, -0.1) is 0 Å². The number of aromatic nitrogens is 5. The number of nitrogens with one attached hydrogen (secondary N) is 1. The molecule has 0 atom stereocenters. The summed E-state index contributed by atoms with van der Waals surface area (Å²) in [7, 11) is 0. The number of aromatic amines is 1. The number of rotatable bonds is 5. The predicted octanol–water partition coefficient (Wildman–Crippen LogP) is 3.62. The normalized spacial score (nSPS) is 15.0. The molecule has 1 aliphatic heterocycles. The molecular formula is C23H24N6O. The fourth-order valence-corrected chi connectivity index (χ4v) is 4.35. The van der Waals surface area contributed by atoms with Crippen LogP contribution in [0.5, 0.6) is 0 Å². The van der Waals surface area contributed by atoms with Crippen molar-refractivity contribution >= 4 is 16.8 Å². The average molecular weight is 400 g/mol. The van der Waals surface area contributed by atoms with Crippen LogP contribution in [0.15, 0.2) is 61.2 Å². The first-order chi connectivity index (χ1) is 14.8. The first-order valence-electron chi connectivity index (χ1n) is 10.4. The Morgan fingerprint density at radius 2 is 1.87 bits per heavy atom. The number of carbonyl (C=O) groups is 1. The standard InChI is InChI=1S/C23H24N6O/c30-22(9-14-29-21-4-2-1-3-19(21)15-26-29)28-12-7-18(8-13-28)23-20(16-25-27-23)17-5-10-24-11-6-17/h1-6,10-11,15-16,18H,7-9,12-14H2,(H,25,27). The minimum absolute atomic E-state index is 0.201. The number of piperidine rings is 1. The molecule has 1 fully saturated rings. The molecule has 5 rings (SSSR count). The number of benzene rings is 1. The molecule has 152 valence electrons. The molecule has 0 spiro atoms. The second kappa shape index (κ2) is 8.10. The SMILES string of the molecule is O=C(CCn1ncc2ccccc21)N1CCC(c2[nH]ncc2-c2ccncc2)CC1. The summed E-state index contributed by atoms with van der Waals surface area (Å²) in [6.45, 7) is 2.16. The lowest BCUT2D eigenvalue weighted by molar-refractivity contribution is -0.132. The van der Waals surface area contributed by atoms with Gasteiger partial charge >= 0.3 is 0 Å². The first-order valence-corrected chi connectivity index (χ1v) is 10.4. The molecule has 1 aromatic carbocycles. The summed E-state index contributed by atoms with van der Waals surface area (Å²) < 4.78 is 1.92. The quantitative estimate of drug-likeness (QED) is 0.555. The predicted molar refractivity (Wildman–Crippen MR) is 115 cm³/mol. The molecule has 1 aliphatic rings. The van der Waals surface area contributed by atoms with E-state index in [0.717, 1.165) is 53.7 Å². The van der Waals surface area contributed by atoms with Crippen molar-refractivity contribution in [2.45, 2.75) is 31.7 Å². The van der Waals surface area contributed by atoms with Crippen LogP contribution in [0.1, 0.15) is 30.9 Å². The summed E-state index contributed by atoms with van der Waals surface area (Å²) >= 11 is 0. The third kappa shape index (κ3) is 3.58. The van der Waals surface area contributed by atoms with Crippen LogP contribution in [0.4, 0.5) is 0 Å². The third-order valence-electron chi connectivity index (χ3n) is 6.00. The van der Waals surface area contributed by atoms with E-state index in [1.54, 1.807) is 12.4 Å². The lowest BCUT2D eigenvalue weighted by Crippen LogP contribution is -2.38. The molecular weight excluding hydrogens is 376 g/mol. The minimum Gasteiger partial charge on any atom is -0.343 e. The number of fused-ring (bicyclic) bond motifs is 1. The summed E-state index contributed by atoms with van der Waals surface area (Å²) in [5.41, 5.74) is 4.50. The van der Waals surface area contributed by atoms with Gasteiger partial charge in [0.25, 0.3) is 0 Å². The zero-order valence-electron chi connectivity index (χ0n) is 16.7. The fourth-order valence-electron chi connectivity index (χ4n) is 4.35. The molecule has 4 heterocycles. The molecule has 4 aromatic rings. The number of hydrogen-bond acceptors (Lipinski definition) is 4. The van der Waals surface area contributed by atoms with Gasteiger partial charge in [0.15, 0.2) is 0 Å². The van der Waals surface area contributed by atoms with Gasteiger partial charge in [-0.25, -0.2) is 0 Å². The number of aryl methyl sites for hydroxylation is 1. The van der Waals surface area contributed by atoms with E-state index in [2.05, 4.69) is 20.3 Å². The smallest absolute Gasteiger partial charge is 0.224 e. The number of nitrogens with zero attached hydrogens (tertiary/aromatic N) is 5. The Hall–Kier alpha value is -3.48. The molecule has 1 N–H and O–H groups in total. The van der Waals surface area contributed by atoms with Gasteiger partial charge in [0.2, 0.25) is 5.91 Å². The molecule has 0 radical (unpaired) electrons. The Morgan fingerprint density at radius 3 is 2.70 bits per heavy atom. The Morgan fingerprint density at radius 1 is 1.07 bits per heavy atom. The maximum absolute atomic E-state index is 12.8. The number of pyridine rings is 1. The van der Waals surface area contributed by atoms with Gasteiger partial charge in [0.1, 0.15) is 0 Å². The highest BCUT2D eigenvalue weighted by Crippen LogP contribution is 2.33. The van der Waals surface area contributed by atoms with E-state index in [1.165, 1.54) is 0 Å². The van der Waals surface area contributed by atoms with Gasteiger partial charge in [-0.2, -0.15) is 10.2 Å². The van der Waals surface area contributed by atoms with E-state index < -0.39 is 0 Å². The highest BCUT2D eigenvalue weighted by molar-refractivity contribution is 5.79. The summed E-state index contributed by atoms with van der Waals surface area (Å²) in [6, 6.07) is 12.1. The monoisotopic (exact) mass is 400 g/mol. The van der Waals surface area contributed by atoms with Crippen molar-refractivity contribution in [2.75, 3.05) is 13.1 Å². The molecule has 1 saturated heterocycles. The van der Waals surface area contributed by atoms with Crippen LogP contribution in [-0.4, -0.2) is 48.9 Å². The first kappa shape index (κ1) is 18.5. The van der Waals surface area contributed by atoms with Crippen molar-refractivity contribution in [1.82, 2.24) is 29.9 Å². The molecule has 30 heavy (non-hydrogen) atoms.